The molecule has 8 heteroatoms. The molecule has 5 rings (SSSR count). The summed E-state index contributed by atoms with van der Waals surface area (Å²) >= 11 is 0. The zero-order chi connectivity index (χ0) is 28.2. The zero-order valence-corrected chi connectivity index (χ0v) is 21.3. The third-order valence-corrected chi connectivity index (χ3v) is 6.89. The molecule has 0 aromatic heterocycles. The predicted octanol–water partition coefficient (Wildman–Crippen LogP) is 7.17. The molecule has 0 bridgehead atoms. The summed E-state index contributed by atoms with van der Waals surface area (Å²) < 4.78 is 63.9. The van der Waals surface area contributed by atoms with Gasteiger partial charge in [0.15, 0.2) is 29.1 Å². The van der Waals surface area contributed by atoms with Gasteiger partial charge in [-0.15, -0.1) is 0 Å². The fourth-order valence-electron chi connectivity index (χ4n) is 4.70. The van der Waals surface area contributed by atoms with Gasteiger partial charge in [-0.05, 0) is 96.1 Å². The monoisotopic (exact) mass is 548 g/mol. The predicted molar refractivity (Wildman–Crippen MR) is 139 cm³/mol. The summed E-state index contributed by atoms with van der Waals surface area (Å²) in [7, 11) is 0. The van der Waals surface area contributed by atoms with Crippen LogP contribution >= 0.6 is 0 Å². The molecular formula is C32H24F4O4. The van der Waals surface area contributed by atoms with E-state index >= 15 is 0 Å². The Labute approximate surface area is 228 Å². The highest BCUT2D eigenvalue weighted by molar-refractivity contribution is 6.00. The number of ketones is 1. The summed E-state index contributed by atoms with van der Waals surface area (Å²) in [6, 6.07) is 18.9. The molecule has 0 spiro atoms. The highest BCUT2D eigenvalue weighted by atomic mass is 19.2. The average molecular weight is 549 g/mol. The molecule has 1 aliphatic carbocycles. The van der Waals surface area contributed by atoms with Crippen molar-refractivity contribution in [3.05, 3.63) is 136 Å². The van der Waals surface area contributed by atoms with Crippen molar-refractivity contribution in [1.29, 1.82) is 0 Å². The van der Waals surface area contributed by atoms with E-state index in [1.165, 1.54) is 12.1 Å². The van der Waals surface area contributed by atoms with Crippen LogP contribution in [0.4, 0.5) is 17.6 Å². The van der Waals surface area contributed by atoms with Crippen LogP contribution in [0, 0.1) is 29.2 Å². The van der Waals surface area contributed by atoms with Gasteiger partial charge in [0, 0.05) is 11.5 Å². The van der Waals surface area contributed by atoms with Gasteiger partial charge in [0.1, 0.15) is 19.0 Å². The number of carbonyl (C=O) groups excluding carboxylic acids is 2. The van der Waals surface area contributed by atoms with Crippen LogP contribution in [0.25, 0.3) is 0 Å². The molecule has 0 heterocycles. The van der Waals surface area contributed by atoms with Gasteiger partial charge in [-0.1, -0.05) is 24.3 Å². The Morgan fingerprint density at radius 1 is 0.725 bits per heavy atom. The summed E-state index contributed by atoms with van der Waals surface area (Å²) in [4.78, 5) is 25.5. The molecule has 1 unspecified atom stereocenters. The van der Waals surface area contributed by atoms with Crippen molar-refractivity contribution in [3.63, 3.8) is 0 Å². The molecular weight excluding hydrogens is 524 g/mol. The Hall–Kier alpha value is -4.46. The number of esters is 1. The highest BCUT2D eigenvalue weighted by Crippen LogP contribution is 2.31. The lowest BCUT2D eigenvalue weighted by Gasteiger charge is -2.24. The number of halogens is 4. The van der Waals surface area contributed by atoms with Gasteiger partial charge in [-0.25, -0.2) is 22.4 Å². The van der Waals surface area contributed by atoms with Crippen LogP contribution in [0.2, 0.25) is 0 Å². The lowest BCUT2D eigenvalue weighted by atomic mass is 9.79. The zero-order valence-electron chi connectivity index (χ0n) is 21.3. The van der Waals surface area contributed by atoms with Gasteiger partial charge in [0.05, 0.1) is 5.56 Å². The minimum Gasteiger partial charge on any atom is -0.489 e. The second-order valence-electron chi connectivity index (χ2n) is 9.68. The smallest absolute Gasteiger partial charge is 0.338 e. The molecule has 0 radical (unpaired) electrons. The van der Waals surface area contributed by atoms with E-state index in [4.69, 9.17) is 9.47 Å². The number of hydrogen-bond acceptors (Lipinski definition) is 4. The largest absolute Gasteiger partial charge is 0.489 e. The fourth-order valence-corrected chi connectivity index (χ4v) is 4.70. The summed E-state index contributed by atoms with van der Waals surface area (Å²) in [5.74, 6) is -4.06. The Kier molecular flexibility index (Phi) is 7.96. The van der Waals surface area contributed by atoms with Crippen LogP contribution in [0.5, 0.6) is 5.75 Å². The van der Waals surface area contributed by atoms with Crippen molar-refractivity contribution in [2.45, 2.75) is 32.5 Å². The molecule has 0 fully saturated rings. The minimum atomic E-state index is -1.01. The second-order valence-corrected chi connectivity index (χ2v) is 9.68. The van der Waals surface area contributed by atoms with Crippen molar-refractivity contribution in [2.75, 3.05) is 0 Å². The van der Waals surface area contributed by atoms with Gasteiger partial charge in [0.2, 0.25) is 0 Å². The van der Waals surface area contributed by atoms with Gasteiger partial charge < -0.3 is 9.47 Å². The number of rotatable bonds is 8. The molecule has 0 N–H and O–H groups in total. The van der Waals surface area contributed by atoms with Crippen LogP contribution in [0.3, 0.4) is 0 Å². The number of fused-ring (bicyclic) bond motifs is 1. The van der Waals surface area contributed by atoms with Gasteiger partial charge >= 0.3 is 5.97 Å². The highest BCUT2D eigenvalue weighted by Gasteiger charge is 2.28. The van der Waals surface area contributed by atoms with E-state index in [1.54, 1.807) is 36.4 Å². The molecule has 0 amide bonds. The van der Waals surface area contributed by atoms with Gasteiger partial charge in [-0.3, -0.25) is 4.79 Å². The second kappa shape index (κ2) is 11.7. The van der Waals surface area contributed by atoms with Crippen molar-refractivity contribution >= 4 is 11.8 Å². The van der Waals surface area contributed by atoms with E-state index in [-0.39, 0.29) is 24.9 Å². The van der Waals surface area contributed by atoms with E-state index in [0.717, 1.165) is 35.4 Å². The van der Waals surface area contributed by atoms with Crippen LogP contribution in [-0.2, 0) is 30.8 Å². The van der Waals surface area contributed by atoms with Crippen LogP contribution < -0.4 is 4.74 Å². The van der Waals surface area contributed by atoms with E-state index in [2.05, 4.69) is 0 Å². The maximum absolute atomic E-state index is 13.4. The van der Waals surface area contributed by atoms with E-state index in [1.807, 2.05) is 6.07 Å². The van der Waals surface area contributed by atoms with Crippen molar-refractivity contribution in [1.82, 2.24) is 0 Å². The summed E-state index contributed by atoms with van der Waals surface area (Å²) in [5, 5.41) is 0. The maximum atomic E-state index is 13.4. The number of carbonyl (C=O) groups is 2. The number of ether oxygens (including phenoxy) is 2. The normalized spacial score (nSPS) is 14.5. The Morgan fingerprint density at radius 2 is 1.35 bits per heavy atom. The molecule has 4 aromatic rings. The van der Waals surface area contributed by atoms with E-state index in [0.29, 0.717) is 47.3 Å². The van der Waals surface area contributed by atoms with Crippen LogP contribution in [0.1, 0.15) is 49.4 Å². The molecule has 204 valence electrons. The molecule has 4 nitrogen and oxygen atoms in total. The first kappa shape index (κ1) is 27.1. The summed E-state index contributed by atoms with van der Waals surface area (Å²) in [6.07, 6.45) is 1.84. The molecule has 1 aliphatic rings. The Balaban J connectivity index is 1.16. The average Bonchev–Trinajstić information content (AvgIpc) is 2.96. The first-order valence-corrected chi connectivity index (χ1v) is 12.7. The van der Waals surface area contributed by atoms with Gasteiger partial charge in [0.25, 0.3) is 0 Å². The van der Waals surface area contributed by atoms with E-state index in [9.17, 15) is 27.2 Å². The topological polar surface area (TPSA) is 52.6 Å². The molecule has 0 saturated heterocycles. The maximum Gasteiger partial charge on any atom is 0.338 e. The first-order chi connectivity index (χ1) is 19.3. The van der Waals surface area contributed by atoms with Crippen LogP contribution in [-0.4, -0.2) is 11.8 Å². The number of hydrogen-bond donors (Lipinski definition) is 0. The Bertz CT molecular complexity index is 1570. The molecule has 0 saturated carbocycles. The molecule has 40 heavy (non-hydrogen) atoms. The SMILES string of the molecule is O=C(OCc1ccc(F)c(F)c1)c1ccc(CC2CCc3cc(OCc4ccc(F)c(F)c4)ccc3C2=O)cc1. The lowest BCUT2D eigenvalue weighted by Crippen LogP contribution is -2.24. The van der Waals surface area contributed by atoms with Crippen molar-refractivity contribution in [2.24, 2.45) is 5.92 Å². The minimum absolute atomic E-state index is 0.0309. The standard InChI is InChI=1S/C32H24F4O4/c33-27-11-3-20(14-29(27)35)17-39-25-9-10-26-23(16-25)7-8-24(31(26)37)13-19-1-5-22(6-2-19)32(38)40-18-21-4-12-28(34)30(36)15-21/h1-6,9-12,14-16,24H,7-8,13,17-18H2. The summed E-state index contributed by atoms with van der Waals surface area (Å²) in [5.41, 5.74) is 3.54. The first-order valence-electron chi connectivity index (χ1n) is 12.7. The molecule has 0 aliphatic heterocycles. The molecule has 4 aromatic carbocycles. The lowest BCUT2D eigenvalue weighted by molar-refractivity contribution is 0.0472. The number of aryl methyl sites for hydroxylation is 1. The quantitative estimate of drug-likeness (QED) is 0.173. The number of benzene rings is 4. The fraction of sp³-hybridized carbons (Fsp3) is 0.188. The van der Waals surface area contributed by atoms with Gasteiger partial charge in [-0.2, -0.15) is 0 Å². The third kappa shape index (κ3) is 6.22. The summed E-state index contributed by atoms with van der Waals surface area (Å²) in [6.45, 7) is -0.119. The third-order valence-electron chi connectivity index (χ3n) is 6.89. The Morgan fingerprint density at radius 3 is 2.00 bits per heavy atom. The van der Waals surface area contributed by atoms with E-state index < -0.39 is 29.2 Å². The van der Waals surface area contributed by atoms with Crippen molar-refractivity contribution in [3.8, 4) is 5.75 Å². The number of Topliss-reactive ketones (excluding diaryl/α,β-unsaturated/α-hetero) is 1. The van der Waals surface area contributed by atoms with Crippen LogP contribution in [0.15, 0.2) is 78.9 Å². The molecule has 1 atom stereocenters. The van der Waals surface area contributed by atoms with Crippen molar-refractivity contribution < 1.29 is 36.6 Å².